The molecule has 2 aliphatic heterocycles. The highest BCUT2D eigenvalue weighted by Gasteiger charge is 2.33. The maximum Gasteiger partial charge on any atom is 0.0707 e. The molecule has 2 heterocycles. The average Bonchev–Trinajstić information content (AvgIpc) is 2.68. The Kier molecular flexibility index (Phi) is 5.23. The standard InChI is InChI=1S/C15H30N2O2/c1-12(2)16-15(3,11-18)7-4-8-17-9-13-5-6-14(10-17)19-13/h12-14,16,18H,4-11H2,1-3H3. The van der Waals surface area contributed by atoms with Crippen LogP contribution in [0.15, 0.2) is 0 Å². The van der Waals surface area contributed by atoms with Gasteiger partial charge in [-0.25, -0.2) is 0 Å². The van der Waals surface area contributed by atoms with Crippen molar-refractivity contribution in [2.75, 3.05) is 26.2 Å². The predicted molar refractivity (Wildman–Crippen MR) is 77.3 cm³/mol. The lowest BCUT2D eigenvalue weighted by Crippen LogP contribution is -2.50. The highest BCUT2D eigenvalue weighted by atomic mass is 16.5. The van der Waals surface area contributed by atoms with E-state index in [1.165, 1.54) is 12.8 Å². The van der Waals surface area contributed by atoms with Crippen LogP contribution in [-0.4, -0.2) is 60.0 Å². The zero-order valence-electron chi connectivity index (χ0n) is 12.7. The summed E-state index contributed by atoms with van der Waals surface area (Å²) in [4.78, 5) is 2.54. The summed E-state index contributed by atoms with van der Waals surface area (Å²) in [6.45, 7) is 9.93. The molecule has 0 aromatic rings. The first-order valence-corrected chi connectivity index (χ1v) is 7.77. The van der Waals surface area contributed by atoms with Gasteiger partial charge in [0.15, 0.2) is 0 Å². The van der Waals surface area contributed by atoms with Crippen molar-refractivity contribution in [1.29, 1.82) is 0 Å². The van der Waals surface area contributed by atoms with Gasteiger partial charge in [-0.3, -0.25) is 4.90 Å². The van der Waals surface area contributed by atoms with Crippen molar-refractivity contribution in [3.63, 3.8) is 0 Å². The number of hydrogen-bond donors (Lipinski definition) is 2. The van der Waals surface area contributed by atoms with Crippen molar-refractivity contribution in [3.05, 3.63) is 0 Å². The normalized spacial score (nSPS) is 30.8. The first kappa shape index (κ1) is 15.2. The summed E-state index contributed by atoms with van der Waals surface area (Å²) in [6.07, 6.45) is 5.60. The first-order valence-electron chi connectivity index (χ1n) is 7.77. The zero-order valence-corrected chi connectivity index (χ0v) is 12.7. The molecule has 3 unspecified atom stereocenters. The summed E-state index contributed by atoms with van der Waals surface area (Å²) < 4.78 is 5.85. The number of morpholine rings is 1. The van der Waals surface area contributed by atoms with Crippen LogP contribution in [0.2, 0.25) is 0 Å². The molecule has 2 rings (SSSR count). The van der Waals surface area contributed by atoms with Crippen LogP contribution in [0.4, 0.5) is 0 Å². The molecule has 4 nitrogen and oxygen atoms in total. The molecule has 0 spiro atoms. The molecule has 3 atom stereocenters. The van der Waals surface area contributed by atoms with Gasteiger partial charge in [0.2, 0.25) is 0 Å². The van der Waals surface area contributed by atoms with E-state index in [9.17, 15) is 5.11 Å². The number of hydrogen-bond acceptors (Lipinski definition) is 4. The fraction of sp³-hybridized carbons (Fsp3) is 1.00. The molecular weight excluding hydrogens is 240 g/mol. The number of likely N-dealkylation sites (tertiary alicyclic amines) is 1. The van der Waals surface area contributed by atoms with E-state index in [4.69, 9.17) is 4.74 Å². The van der Waals surface area contributed by atoms with Crippen LogP contribution in [0.25, 0.3) is 0 Å². The fourth-order valence-electron chi connectivity index (χ4n) is 3.47. The molecule has 19 heavy (non-hydrogen) atoms. The topological polar surface area (TPSA) is 44.7 Å². The monoisotopic (exact) mass is 270 g/mol. The molecule has 2 fully saturated rings. The highest BCUT2D eigenvalue weighted by molar-refractivity contribution is 4.87. The number of nitrogens with zero attached hydrogens (tertiary/aromatic N) is 1. The van der Waals surface area contributed by atoms with Crippen LogP contribution >= 0.6 is 0 Å². The SMILES string of the molecule is CC(C)NC(C)(CO)CCCN1CC2CCC(C1)O2. The third-order valence-electron chi connectivity index (χ3n) is 4.31. The number of aliphatic hydroxyl groups excluding tert-OH is 1. The minimum absolute atomic E-state index is 0.139. The van der Waals surface area contributed by atoms with E-state index in [1.54, 1.807) is 0 Å². The molecule has 4 heteroatoms. The maximum absolute atomic E-state index is 9.57. The third kappa shape index (κ3) is 4.42. The van der Waals surface area contributed by atoms with Crippen molar-refractivity contribution in [1.82, 2.24) is 10.2 Å². The Labute approximate surface area is 117 Å². The molecule has 2 N–H and O–H groups in total. The summed E-state index contributed by atoms with van der Waals surface area (Å²) >= 11 is 0. The van der Waals surface area contributed by atoms with Crippen LogP contribution in [0.1, 0.15) is 46.5 Å². The van der Waals surface area contributed by atoms with Gasteiger partial charge in [-0.05, 0) is 39.2 Å². The van der Waals surface area contributed by atoms with Gasteiger partial charge in [0.05, 0.1) is 18.8 Å². The van der Waals surface area contributed by atoms with Crippen molar-refractivity contribution in [2.45, 2.75) is 70.2 Å². The Morgan fingerprint density at radius 3 is 2.47 bits per heavy atom. The molecular formula is C15H30N2O2. The third-order valence-corrected chi connectivity index (χ3v) is 4.31. The average molecular weight is 270 g/mol. The zero-order chi connectivity index (χ0) is 13.9. The van der Waals surface area contributed by atoms with Gasteiger partial charge in [-0.2, -0.15) is 0 Å². The van der Waals surface area contributed by atoms with E-state index in [1.807, 2.05) is 0 Å². The van der Waals surface area contributed by atoms with Gasteiger partial charge in [-0.1, -0.05) is 13.8 Å². The lowest BCUT2D eigenvalue weighted by atomic mass is 9.95. The van der Waals surface area contributed by atoms with Crippen LogP contribution in [0, 0.1) is 0 Å². The van der Waals surface area contributed by atoms with Crippen LogP contribution in [0.5, 0.6) is 0 Å². The van der Waals surface area contributed by atoms with Crippen LogP contribution in [0.3, 0.4) is 0 Å². The number of fused-ring (bicyclic) bond motifs is 2. The Morgan fingerprint density at radius 2 is 1.95 bits per heavy atom. The molecule has 2 saturated heterocycles. The molecule has 2 aliphatic rings. The van der Waals surface area contributed by atoms with Gasteiger partial charge >= 0.3 is 0 Å². The minimum atomic E-state index is -0.139. The van der Waals surface area contributed by atoms with E-state index < -0.39 is 0 Å². The molecule has 0 aromatic carbocycles. The molecule has 2 bridgehead atoms. The second kappa shape index (κ2) is 6.53. The smallest absolute Gasteiger partial charge is 0.0707 e. The predicted octanol–water partition coefficient (Wildman–Crippen LogP) is 1.38. The van der Waals surface area contributed by atoms with E-state index in [0.29, 0.717) is 18.2 Å². The Hall–Kier alpha value is -0.160. The maximum atomic E-state index is 9.57. The minimum Gasteiger partial charge on any atom is -0.394 e. The number of nitrogens with one attached hydrogen (secondary N) is 1. The summed E-state index contributed by atoms with van der Waals surface area (Å²) in [6, 6.07) is 0.413. The van der Waals surface area contributed by atoms with Gasteiger partial charge in [0.25, 0.3) is 0 Å². The van der Waals surface area contributed by atoms with Crippen LogP contribution < -0.4 is 5.32 Å². The summed E-state index contributed by atoms with van der Waals surface area (Å²) in [7, 11) is 0. The van der Waals surface area contributed by atoms with E-state index in [2.05, 4.69) is 31.0 Å². The Morgan fingerprint density at radius 1 is 1.32 bits per heavy atom. The Bertz CT molecular complexity index is 273. The van der Waals surface area contributed by atoms with Gasteiger partial charge < -0.3 is 15.2 Å². The molecule has 0 aliphatic carbocycles. The lowest BCUT2D eigenvalue weighted by Gasteiger charge is -2.34. The molecule has 112 valence electrons. The van der Waals surface area contributed by atoms with Crippen molar-refractivity contribution >= 4 is 0 Å². The molecule has 0 amide bonds. The highest BCUT2D eigenvalue weighted by Crippen LogP contribution is 2.26. The summed E-state index contributed by atoms with van der Waals surface area (Å²) in [5.74, 6) is 0. The lowest BCUT2D eigenvalue weighted by molar-refractivity contribution is -0.0391. The van der Waals surface area contributed by atoms with Crippen molar-refractivity contribution < 1.29 is 9.84 Å². The summed E-state index contributed by atoms with van der Waals surface area (Å²) in [5, 5.41) is 13.0. The molecule has 0 saturated carbocycles. The van der Waals surface area contributed by atoms with E-state index >= 15 is 0 Å². The first-order chi connectivity index (χ1) is 9.00. The number of aliphatic hydroxyl groups is 1. The van der Waals surface area contributed by atoms with E-state index in [0.717, 1.165) is 32.5 Å². The quantitative estimate of drug-likeness (QED) is 0.733. The second-order valence-electron chi connectivity index (χ2n) is 6.84. The molecule has 0 radical (unpaired) electrons. The van der Waals surface area contributed by atoms with E-state index in [-0.39, 0.29) is 12.1 Å². The second-order valence-corrected chi connectivity index (χ2v) is 6.84. The van der Waals surface area contributed by atoms with Crippen molar-refractivity contribution in [2.24, 2.45) is 0 Å². The van der Waals surface area contributed by atoms with Gasteiger partial charge in [-0.15, -0.1) is 0 Å². The number of ether oxygens (including phenoxy) is 1. The van der Waals surface area contributed by atoms with Gasteiger partial charge in [0.1, 0.15) is 0 Å². The summed E-state index contributed by atoms with van der Waals surface area (Å²) in [5.41, 5.74) is -0.139. The van der Waals surface area contributed by atoms with Crippen molar-refractivity contribution in [3.8, 4) is 0 Å². The number of rotatable bonds is 7. The van der Waals surface area contributed by atoms with Gasteiger partial charge in [0, 0.05) is 24.7 Å². The molecule has 0 aromatic heterocycles. The van der Waals surface area contributed by atoms with Crippen LogP contribution in [-0.2, 0) is 4.74 Å². The fourth-order valence-corrected chi connectivity index (χ4v) is 3.47. The largest absolute Gasteiger partial charge is 0.394 e. The Balaban J connectivity index is 1.70.